The first-order valence-electron chi connectivity index (χ1n) is 12.3. The Morgan fingerprint density at radius 2 is 2.00 bits per heavy atom. The number of thiophene rings is 1. The van der Waals surface area contributed by atoms with Gasteiger partial charge in [-0.1, -0.05) is 36.8 Å². The largest absolute Gasteiger partial charge is 0.280 e. The highest BCUT2D eigenvalue weighted by molar-refractivity contribution is 7.89. The lowest BCUT2D eigenvalue weighted by atomic mass is 10.0. The number of benzene rings is 2. The molecule has 3 heterocycles. The number of carbonyl (C=O) groups excluding carboxylic acids is 1. The zero-order chi connectivity index (χ0) is 26.0. The summed E-state index contributed by atoms with van der Waals surface area (Å²) in [5, 5.41) is 8.18. The topological polar surface area (TPSA) is 82.9 Å². The van der Waals surface area contributed by atoms with E-state index >= 15 is 0 Å². The predicted octanol–water partition coefficient (Wildman–Crippen LogP) is 6.30. The van der Waals surface area contributed by atoms with E-state index in [0.717, 1.165) is 46.3 Å². The number of aromatic nitrogens is 1. The molecule has 1 saturated heterocycles. The van der Waals surface area contributed by atoms with Crippen LogP contribution < -0.4 is 5.01 Å². The van der Waals surface area contributed by atoms with E-state index < -0.39 is 10.0 Å². The number of amides is 1. The summed E-state index contributed by atoms with van der Waals surface area (Å²) in [4.78, 5) is 19.4. The highest BCUT2D eigenvalue weighted by Gasteiger charge is 2.32. The van der Waals surface area contributed by atoms with Crippen LogP contribution in [0.15, 0.2) is 70.0 Å². The van der Waals surface area contributed by atoms with Gasteiger partial charge in [0.1, 0.15) is 0 Å². The third kappa shape index (κ3) is 5.38. The van der Waals surface area contributed by atoms with Crippen LogP contribution >= 0.6 is 22.7 Å². The lowest BCUT2D eigenvalue weighted by Gasteiger charge is -2.34. The van der Waals surface area contributed by atoms with Crippen LogP contribution in [0.25, 0.3) is 10.2 Å². The summed E-state index contributed by atoms with van der Waals surface area (Å²) in [6.45, 7) is 4.57. The summed E-state index contributed by atoms with van der Waals surface area (Å²) in [7, 11) is -3.63. The van der Waals surface area contributed by atoms with Crippen LogP contribution in [0.2, 0.25) is 0 Å². The molecule has 0 N–H and O–H groups in total. The van der Waals surface area contributed by atoms with Gasteiger partial charge in [0.15, 0.2) is 0 Å². The number of sulfonamides is 1. The molecule has 2 aromatic carbocycles. The second-order valence-electron chi connectivity index (χ2n) is 9.04. The maximum atomic E-state index is 13.6. The van der Waals surface area contributed by atoms with E-state index in [1.165, 1.54) is 39.8 Å². The first-order valence-corrected chi connectivity index (χ1v) is 15.4. The molecule has 1 aliphatic rings. The lowest BCUT2D eigenvalue weighted by Crippen LogP contribution is -2.43. The van der Waals surface area contributed by atoms with Crippen LogP contribution in [0.5, 0.6) is 0 Å². The summed E-state index contributed by atoms with van der Waals surface area (Å²) < 4.78 is 29.3. The smallest absolute Gasteiger partial charge is 0.267 e. The third-order valence-electron chi connectivity index (χ3n) is 6.50. The summed E-state index contributed by atoms with van der Waals surface area (Å²) in [5.41, 5.74) is 2.24. The number of aryl methyl sites for hydroxylation is 1. The molecule has 1 atom stereocenters. The van der Waals surface area contributed by atoms with E-state index in [2.05, 4.69) is 10.1 Å². The van der Waals surface area contributed by atoms with Crippen LogP contribution in [0.4, 0.5) is 5.13 Å². The number of nitrogens with zero attached hydrogens (tertiary/aromatic N) is 4. The minimum Gasteiger partial charge on any atom is -0.267 e. The van der Waals surface area contributed by atoms with Crippen molar-refractivity contribution in [2.24, 2.45) is 5.10 Å². The fourth-order valence-electron chi connectivity index (χ4n) is 4.50. The monoisotopic (exact) mass is 552 g/mol. The standard InChI is InChI=1S/C27H28N4O3S3/c1-3-21-7-4-5-15-30(21)37(33,34)23-12-10-20(11-13-23)26(32)31(28-18-22-8-6-16-35-22)27-29-24-14-9-19(2)17-25(24)36-27/h6,8-14,16-18,21H,3-5,7,15H2,1-2H3/b28-18+. The highest BCUT2D eigenvalue weighted by atomic mass is 32.2. The maximum Gasteiger partial charge on any atom is 0.280 e. The molecular weight excluding hydrogens is 525 g/mol. The van der Waals surface area contributed by atoms with Crippen LogP contribution in [-0.2, 0) is 10.0 Å². The number of thiazole rings is 1. The van der Waals surface area contributed by atoms with Crippen LogP contribution in [-0.4, -0.2) is 42.4 Å². The number of hydrogen-bond donors (Lipinski definition) is 0. The van der Waals surface area contributed by atoms with E-state index in [9.17, 15) is 13.2 Å². The molecule has 5 rings (SSSR count). The molecule has 0 saturated carbocycles. The zero-order valence-electron chi connectivity index (χ0n) is 20.7. The predicted molar refractivity (Wildman–Crippen MR) is 151 cm³/mol. The Balaban J connectivity index is 1.46. The zero-order valence-corrected chi connectivity index (χ0v) is 23.2. The number of piperidine rings is 1. The van der Waals surface area contributed by atoms with Gasteiger partial charge in [-0.25, -0.2) is 13.4 Å². The molecular formula is C27H28N4O3S3. The number of carbonyl (C=O) groups is 1. The Labute approximate surface area is 225 Å². The maximum absolute atomic E-state index is 13.6. The molecule has 1 unspecified atom stereocenters. The number of hydrogen-bond acceptors (Lipinski definition) is 7. The second-order valence-corrected chi connectivity index (χ2v) is 12.9. The molecule has 1 fully saturated rings. The van der Waals surface area contributed by atoms with E-state index in [0.29, 0.717) is 17.2 Å². The van der Waals surface area contributed by atoms with Gasteiger partial charge in [0, 0.05) is 23.0 Å². The van der Waals surface area contributed by atoms with E-state index in [1.807, 2.05) is 49.6 Å². The average Bonchev–Trinajstić information content (AvgIpc) is 3.58. The minimum absolute atomic E-state index is 0.0183. The van der Waals surface area contributed by atoms with Crippen molar-refractivity contribution in [3.63, 3.8) is 0 Å². The average molecular weight is 553 g/mol. The Morgan fingerprint density at radius 3 is 2.73 bits per heavy atom. The van der Waals surface area contributed by atoms with Gasteiger partial charge in [-0.3, -0.25) is 4.79 Å². The molecule has 0 spiro atoms. The van der Waals surface area contributed by atoms with Crippen molar-refractivity contribution in [3.05, 3.63) is 76.0 Å². The Kier molecular flexibility index (Phi) is 7.52. The van der Waals surface area contributed by atoms with Gasteiger partial charge in [0.2, 0.25) is 15.2 Å². The molecule has 4 aromatic rings. The molecule has 37 heavy (non-hydrogen) atoms. The Morgan fingerprint density at radius 1 is 1.19 bits per heavy atom. The molecule has 2 aromatic heterocycles. The van der Waals surface area contributed by atoms with E-state index in [-0.39, 0.29) is 16.8 Å². The van der Waals surface area contributed by atoms with Crippen molar-refractivity contribution in [2.75, 3.05) is 11.6 Å². The van der Waals surface area contributed by atoms with Crippen molar-refractivity contribution in [1.29, 1.82) is 0 Å². The summed E-state index contributed by atoms with van der Waals surface area (Å²) in [6.07, 6.45) is 5.22. The normalized spacial score (nSPS) is 17.0. The summed E-state index contributed by atoms with van der Waals surface area (Å²) >= 11 is 2.91. The first-order chi connectivity index (χ1) is 17.9. The van der Waals surface area contributed by atoms with Crippen molar-refractivity contribution in [1.82, 2.24) is 9.29 Å². The molecule has 0 radical (unpaired) electrons. The summed E-state index contributed by atoms with van der Waals surface area (Å²) in [5.74, 6) is -0.378. The quantitative estimate of drug-likeness (QED) is 0.199. The van der Waals surface area contributed by atoms with Crippen molar-refractivity contribution in [2.45, 2.75) is 50.5 Å². The number of hydrazone groups is 1. The van der Waals surface area contributed by atoms with Gasteiger partial charge >= 0.3 is 0 Å². The molecule has 7 nitrogen and oxygen atoms in total. The van der Waals surface area contributed by atoms with Crippen molar-refractivity contribution >= 4 is 60.2 Å². The van der Waals surface area contributed by atoms with E-state index in [1.54, 1.807) is 22.7 Å². The lowest BCUT2D eigenvalue weighted by molar-refractivity contribution is 0.0987. The fraction of sp³-hybridized carbons (Fsp3) is 0.296. The van der Waals surface area contributed by atoms with Gasteiger partial charge in [0.05, 0.1) is 21.3 Å². The molecule has 1 amide bonds. The van der Waals surface area contributed by atoms with Gasteiger partial charge in [-0.15, -0.1) is 11.3 Å². The summed E-state index contributed by atoms with van der Waals surface area (Å²) in [6, 6.07) is 16.0. The molecule has 1 aliphatic heterocycles. The Bertz CT molecular complexity index is 1530. The molecule has 0 bridgehead atoms. The van der Waals surface area contributed by atoms with E-state index in [4.69, 9.17) is 0 Å². The third-order valence-corrected chi connectivity index (χ3v) is 10.3. The molecule has 0 aliphatic carbocycles. The SMILES string of the molecule is CCC1CCCCN1S(=O)(=O)c1ccc(C(=O)N(/N=C/c2cccs2)c2nc3ccc(C)cc3s2)cc1. The number of fused-ring (bicyclic) bond motifs is 1. The highest BCUT2D eigenvalue weighted by Crippen LogP contribution is 2.31. The second kappa shape index (κ2) is 10.8. The minimum atomic E-state index is -3.63. The number of anilines is 1. The van der Waals surface area contributed by atoms with Crippen LogP contribution in [0.1, 0.15) is 53.4 Å². The van der Waals surface area contributed by atoms with Crippen LogP contribution in [0, 0.1) is 6.92 Å². The molecule has 10 heteroatoms. The Hall–Kier alpha value is -2.92. The molecule has 192 valence electrons. The van der Waals surface area contributed by atoms with Gasteiger partial charge in [0.25, 0.3) is 5.91 Å². The van der Waals surface area contributed by atoms with Gasteiger partial charge in [-0.05, 0) is 79.6 Å². The van der Waals surface area contributed by atoms with Crippen molar-refractivity contribution < 1.29 is 13.2 Å². The van der Waals surface area contributed by atoms with Gasteiger partial charge < -0.3 is 0 Å². The fourth-order valence-corrected chi connectivity index (χ4v) is 7.87. The van der Waals surface area contributed by atoms with Crippen molar-refractivity contribution in [3.8, 4) is 0 Å². The van der Waals surface area contributed by atoms with Gasteiger partial charge in [-0.2, -0.15) is 14.4 Å². The van der Waals surface area contributed by atoms with Crippen LogP contribution in [0.3, 0.4) is 0 Å². The first kappa shape index (κ1) is 25.7. The number of rotatable bonds is 7.